The number of carbonyl (C=O) groups excluding carboxylic acids is 1. The molecular formula is C15H22N4O2. The number of carbonyl (C=O) groups is 1. The summed E-state index contributed by atoms with van der Waals surface area (Å²) in [6.07, 6.45) is 2.40. The van der Waals surface area contributed by atoms with E-state index in [2.05, 4.69) is 16.8 Å². The predicted octanol–water partition coefficient (Wildman–Crippen LogP) is 0.737. The number of anilines is 2. The van der Waals surface area contributed by atoms with Gasteiger partial charge in [-0.05, 0) is 24.5 Å². The highest BCUT2D eigenvalue weighted by Gasteiger charge is 2.35. The lowest BCUT2D eigenvalue weighted by atomic mass is 10.0. The van der Waals surface area contributed by atoms with E-state index in [1.165, 1.54) is 0 Å². The van der Waals surface area contributed by atoms with Crippen LogP contribution in [0.1, 0.15) is 13.3 Å². The van der Waals surface area contributed by atoms with Gasteiger partial charge in [0.2, 0.25) is 0 Å². The van der Waals surface area contributed by atoms with Crippen LogP contribution in [0.4, 0.5) is 11.5 Å². The van der Waals surface area contributed by atoms with Gasteiger partial charge in [-0.3, -0.25) is 4.79 Å². The number of nitrogens with two attached hydrogens (primary N) is 1. The molecule has 0 bridgehead atoms. The van der Waals surface area contributed by atoms with Gasteiger partial charge in [0.15, 0.2) is 0 Å². The van der Waals surface area contributed by atoms with Crippen LogP contribution in [0.15, 0.2) is 18.3 Å². The third-order valence-electron chi connectivity index (χ3n) is 4.32. The number of piperazine rings is 1. The molecule has 0 saturated carbocycles. The van der Waals surface area contributed by atoms with E-state index in [-0.39, 0.29) is 12.0 Å². The number of nitrogen functional groups attached to an aromatic ring is 1. The summed E-state index contributed by atoms with van der Waals surface area (Å²) in [5, 5.41) is 0. The Labute approximate surface area is 124 Å². The summed E-state index contributed by atoms with van der Waals surface area (Å²) in [4.78, 5) is 20.9. The second kappa shape index (κ2) is 5.89. The van der Waals surface area contributed by atoms with Crippen LogP contribution in [0.25, 0.3) is 0 Å². The smallest absolute Gasteiger partial charge is 0.252 e. The monoisotopic (exact) mass is 290 g/mol. The number of ether oxygens (including phenoxy) is 1. The van der Waals surface area contributed by atoms with Crippen LogP contribution in [-0.4, -0.2) is 54.7 Å². The Kier molecular flexibility index (Phi) is 3.96. The van der Waals surface area contributed by atoms with Crippen LogP contribution in [-0.2, 0) is 9.53 Å². The van der Waals surface area contributed by atoms with Crippen molar-refractivity contribution in [3.8, 4) is 0 Å². The highest BCUT2D eigenvalue weighted by molar-refractivity contribution is 5.81. The van der Waals surface area contributed by atoms with E-state index in [0.717, 1.165) is 38.4 Å². The van der Waals surface area contributed by atoms with Gasteiger partial charge in [-0.1, -0.05) is 6.92 Å². The summed E-state index contributed by atoms with van der Waals surface area (Å²) in [5.74, 6) is 1.39. The number of amides is 1. The molecule has 114 valence electrons. The summed E-state index contributed by atoms with van der Waals surface area (Å²) in [6, 6.07) is 3.78. The van der Waals surface area contributed by atoms with Gasteiger partial charge in [0.1, 0.15) is 11.9 Å². The van der Waals surface area contributed by atoms with Gasteiger partial charge in [-0.25, -0.2) is 4.98 Å². The maximum absolute atomic E-state index is 12.4. The molecule has 6 heteroatoms. The molecule has 2 saturated heterocycles. The van der Waals surface area contributed by atoms with Gasteiger partial charge in [-0.2, -0.15) is 0 Å². The molecule has 6 nitrogen and oxygen atoms in total. The van der Waals surface area contributed by atoms with Crippen LogP contribution >= 0.6 is 0 Å². The Morgan fingerprint density at radius 1 is 1.33 bits per heavy atom. The third-order valence-corrected chi connectivity index (χ3v) is 4.32. The molecule has 21 heavy (non-hydrogen) atoms. The first kappa shape index (κ1) is 14.1. The van der Waals surface area contributed by atoms with Crippen molar-refractivity contribution in [1.29, 1.82) is 0 Å². The highest BCUT2D eigenvalue weighted by Crippen LogP contribution is 2.23. The normalized spacial score (nSPS) is 26.1. The van der Waals surface area contributed by atoms with Crippen molar-refractivity contribution in [2.24, 2.45) is 5.92 Å². The van der Waals surface area contributed by atoms with Crippen LogP contribution < -0.4 is 10.6 Å². The number of nitrogens with zero attached hydrogens (tertiary/aromatic N) is 3. The summed E-state index contributed by atoms with van der Waals surface area (Å²) < 4.78 is 5.57. The lowest BCUT2D eigenvalue weighted by Gasteiger charge is -2.36. The van der Waals surface area contributed by atoms with Gasteiger partial charge in [0.25, 0.3) is 5.91 Å². The minimum atomic E-state index is -0.244. The molecule has 3 rings (SSSR count). The molecule has 2 unspecified atom stereocenters. The standard InChI is InChI=1S/C15H22N4O2/c1-11-4-9-21-14(11)15(20)19-7-5-18(6-8-19)13-3-2-12(16)10-17-13/h2-3,10-11,14H,4-9,16H2,1H3. The molecule has 0 aliphatic carbocycles. The van der Waals surface area contributed by atoms with E-state index < -0.39 is 0 Å². The number of rotatable bonds is 2. The van der Waals surface area contributed by atoms with Gasteiger partial charge in [0.05, 0.1) is 11.9 Å². The third kappa shape index (κ3) is 2.95. The van der Waals surface area contributed by atoms with Gasteiger partial charge >= 0.3 is 0 Å². The van der Waals surface area contributed by atoms with Crippen LogP contribution in [0.2, 0.25) is 0 Å². The van der Waals surface area contributed by atoms with Crippen molar-refractivity contribution in [3.05, 3.63) is 18.3 Å². The van der Waals surface area contributed by atoms with Crippen molar-refractivity contribution < 1.29 is 9.53 Å². The molecule has 0 spiro atoms. The fourth-order valence-electron chi connectivity index (χ4n) is 2.93. The molecule has 1 aromatic rings. The van der Waals surface area contributed by atoms with Crippen molar-refractivity contribution >= 4 is 17.4 Å². The Balaban J connectivity index is 1.57. The zero-order chi connectivity index (χ0) is 14.8. The Morgan fingerprint density at radius 3 is 2.67 bits per heavy atom. The minimum Gasteiger partial charge on any atom is -0.397 e. The molecule has 0 radical (unpaired) electrons. The Bertz CT molecular complexity index is 497. The molecule has 2 atom stereocenters. The number of pyridine rings is 1. The SMILES string of the molecule is CC1CCOC1C(=O)N1CCN(c2ccc(N)cn2)CC1. The molecule has 3 heterocycles. The Hall–Kier alpha value is -1.82. The fourth-order valence-corrected chi connectivity index (χ4v) is 2.93. The number of aromatic nitrogens is 1. The first-order valence-corrected chi connectivity index (χ1v) is 7.52. The van der Waals surface area contributed by atoms with Crippen LogP contribution in [0.5, 0.6) is 0 Å². The van der Waals surface area contributed by atoms with E-state index in [1.807, 2.05) is 17.0 Å². The van der Waals surface area contributed by atoms with Crippen molar-refractivity contribution in [3.63, 3.8) is 0 Å². The zero-order valence-electron chi connectivity index (χ0n) is 12.4. The molecule has 2 N–H and O–H groups in total. The lowest BCUT2D eigenvalue weighted by Crippen LogP contribution is -2.52. The van der Waals surface area contributed by atoms with Crippen molar-refractivity contribution in [1.82, 2.24) is 9.88 Å². The predicted molar refractivity (Wildman–Crippen MR) is 81.0 cm³/mol. The van der Waals surface area contributed by atoms with E-state index in [9.17, 15) is 4.79 Å². The largest absolute Gasteiger partial charge is 0.397 e. The summed E-state index contributed by atoms with van der Waals surface area (Å²) >= 11 is 0. The molecular weight excluding hydrogens is 268 g/mol. The number of hydrogen-bond donors (Lipinski definition) is 1. The molecule has 1 aromatic heterocycles. The minimum absolute atomic E-state index is 0.143. The van der Waals surface area contributed by atoms with E-state index in [4.69, 9.17) is 10.5 Å². The first-order chi connectivity index (χ1) is 10.1. The maximum atomic E-state index is 12.4. The van der Waals surface area contributed by atoms with E-state index >= 15 is 0 Å². The topological polar surface area (TPSA) is 71.7 Å². The van der Waals surface area contributed by atoms with Crippen LogP contribution in [0, 0.1) is 5.92 Å². The summed E-state index contributed by atoms with van der Waals surface area (Å²) in [7, 11) is 0. The maximum Gasteiger partial charge on any atom is 0.252 e. The van der Waals surface area contributed by atoms with E-state index in [0.29, 0.717) is 18.2 Å². The zero-order valence-corrected chi connectivity index (χ0v) is 12.4. The molecule has 2 fully saturated rings. The molecule has 2 aliphatic heterocycles. The number of hydrogen-bond acceptors (Lipinski definition) is 5. The van der Waals surface area contributed by atoms with Gasteiger partial charge in [-0.15, -0.1) is 0 Å². The van der Waals surface area contributed by atoms with Crippen LogP contribution in [0.3, 0.4) is 0 Å². The van der Waals surface area contributed by atoms with Gasteiger partial charge in [0, 0.05) is 32.8 Å². The molecule has 0 aromatic carbocycles. The van der Waals surface area contributed by atoms with Gasteiger partial charge < -0.3 is 20.3 Å². The second-order valence-corrected chi connectivity index (χ2v) is 5.82. The lowest BCUT2D eigenvalue weighted by molar-refractivity contribution is -0.142. The van der Waals surface area contributed by atoms with Crippen molar-refractivity contribution in [2.75, 3.05) is 43.4 Å². The fraction of sp³-hybridized carbons (Fsp3) is 0.600. The van der Waals surface area contributed by atoms with Crippen molar-refractivity contribution in [2.45, 2.75) is 19.4 Å². The summed E-state index contributed by atoms with van der Waals surface area (Å²) in [6.45, 7) is 5.82. The second-order valence-electron chi connectivity index (χ2n) is 5.82. The molecule has 2 aliphatic rings. The first-order valence-electron chi connectivity index (χ1n) is 7.52. The summed E-state index contributed by atoms with van der Waals surface area (Å²) in [5.41, 5.74) is 6.32. The van der Waals surface area contributed by atoms with E-state index in [1.54, 1.807) is 6.20 Å². The average molecular weight is 290 g/mol. The Morgan fingerprint density at radius 2 is 2.10 bits per heavy atom. The quantitative estimate of drug-likeness (QED) is 0.869. The highest BCUT2D eigenvalue weighted by atomic mass is 16.5. The average Bonchev–Trinajstić information content (AvgIpc) is 2.94. The molecule has 1 amide bonds.